The van der Waals surface area contributed by atoms with E-state index in [0.29, 0.717) is 5.82 Å². The van der Waals surface area contributed by atoms with E-state index in [0.717, 1.165) is 5.56 Å². The van der Waals surface area contributed by atoms with Crippen molar-refractivity contribution in [2.45, 2.75) is 39.6 Å². The highest BCUT2D eigenvalue weighted by Crippen LogP contribution is 2.19. The highest BCUT2D eigenvalue weighted by molar-refractivity contribution is 6.83. The molecular formula is C13H20N2OSi. The molecule has 0 unspecified atom stereocenters. The Labute approximate surface area is 104 Å². The molecule has 1 aromatic rings. The second-order valence-electron chi connectivity index (χ2n) is 5.53. The molecule has 1 N–H and O–H groups in total. The topological polar surface area (TPSA) is 46.0 Å². The number of nitrogens with zero attached hydrogens (tertiary/aromatic N) is 2. The summed E-state index contributed by atoms with van der Waals surface area (Å²) < 4.78 is 0. The summed E-state index contributed by atoms with van der Waals surface area (Å²) in [7, 11) is -1.38. The smallest absolute Gasteiger partial charge is 0.204 e. The van der Waals surface area contributed by atoms with E-state index in [1.807, 2.05) is 13.8 Å². The van der Waals surface area contributed by atoms with E-state index in [1.165, 1.54) is 0 Å². The summed E-state index contributed by atoms with van der Waals surface area (Å²) in [6.45, 7) is 10.5. The Morgan fingerprint density at radius 1 is 1.18 bits per heavy atom. The lowest BCUT2D eigenvalue weighted by molar-refractivity contribution is 0.126. The van der Waals surface area contributed by atoms with Crippen molar-refractivity contribution in [2.75, 3.05) is 0 Å². The van der Waals surface area contributed by atoms with E-state index >= 15 is 0 Å². The zero-order chi connectivity index (χ0) is 13.1. The summed E-state index contributed by atoms with van der Waals surface area (Å²) in [5.74, 6) is 3.69. The third-order valence-electron chi connectivity index (χ3n) is 2.19. The number of aliphatic hydroxyl groups is 1. The van der Waals surface area contributed by atoms with Crippen LogP contribution in [0.15, 0.2) is 12.4 Å². The molecule has 1 atom stereocenters. The largest absolute Gasteiger partial charge is 0.388 e. The molecule has 1 heterocycles. The molecule has 0 aliphatic carbocycles. The van der Waals surface area contributed by atoms with Crippen molar-refractivity contribution >= 4 is 8.07 Å². The van der Waals surface area contributed by atoms with Gasteiger partial charge in [-0.2, -0.15) is 0 Å². The minimum absolute atomic E-state index is 0.164. The highest BCUT2D eigenvalue weighted by Gasteiger charge is 2.12. The third kappa shape index (κ3) is 4.68. The van der Waals surface area contributed by atoms with E-state index < -0.39 is 14.2 Å². The molecule has 0 saturated carbocycles. The van der Waals surface area contributed by atoms with Crippen LogP contribution in [0.1, 0.15) is 31.3 Å². The minimum Gasteiger partial charge on any atom is -0.388 e. The molecule has 0 radical (unpaired) electrons. The molecule has 1 aromatic heterocycles. The summed E-state index contributed by atoms with van der Waals surface area (Å²) in [4.78, 5) is 8.33. The SMILES string of the molecule is CC(C)[C@H](O)c1cnc(C#C[Si](C)(C)C)nc1. The van der Waals surface area contributed by atoms with Crippen LogP contribution in [0, 0.1) is 17.4 Å². The first kappa shape index (κ1) is 13.9. The maximum absolute atomic E-state index is 9.84. The van der Waals surface area contributed by atoms with E-state index in [2.05, 4.69) is 41.1 Å². The van der Waals surface area contributed by atoms with Crippen LogP contribution in [0.2, 0.25) is 19.6 Å². The molecule has 92 valence electrons. The van der Waals surface area contributed by atoms with Crippen LogP contribution in [-0.2, 0) is 0 Å². The fourth-order valence-electron chi connectivity index (χ4n) is 1.18. The monoisotopic (exact) mass is 248 g/mol. The molecule has 4 heteroatoms. The van der Waals surface area contributed by atoms with Crippen LogP contribution in [-0.4, -0.2) is 23.1 Å². The number of aliphatic hydroxyl groups excluding tert-OH is 1. The second kappa shape index (κ2) is 5.43. The van der Waals surface area contributed by atoms with Gasteiger partial charge in [-0.15, -0.1) is 5.54 Å². The lowest BCUT2D eigenvalue weighted by Crippen LogP contribution is -2.16. The zero-order valence-electron chi connectivity index (χ0n) is 11.2. The van der Waals surface area contributed by atoms with Crippen molar-refractivity contribution < 1.29 is 5.11 Å². The van der Waals surface area contributed by atoms with Gasteiger partial charge >= 0.3 is 0 Å². The van der Waals surface area contributed by atoms with E-state index in [4.69, 9.17) is 0 Å². The Morgan fingerprint density at radius 3 is 2.12 bits per heavy atom. The molecule has 0 fully saturated rings. The molecule has 0 saturated heterocycles. The van der Waals surface area contributed by atoms with Gasteiger partial charge in [0.05, 0.1) is 6.10 Å². The summed E-state index contributed by atoms with van der Waals surface area (Å²) in [6.07, 6.45) is 2.81. The van der Waals surface area contributed by atoms with Crippen molar-refractivity contribution in [1.29, 1.82) is 0 Å². The molecule has 0 bridgehead atoms. The van der Waals surface area contributed by atoms with Gasteiger partial charge in [0, 0.05) is 18.0 Å². The predicted molar refractivity (Wildman–Crippen MR) is 72.1 cm³/mol. The van der Waals surface area contributed by atoms with Crippen molar-refractivity contribution in [3.63, 3.8) is 0 Å². The quantitative estimate of drug-likeness (QED) is 0.646. The van der Waals surface area contributed by atoms with Gasteiger partial charge in [0.15, 0.2) is 0 Å². The van der Waals surface area contributed by atoms with E-state index in [9.17, 15) is 5.11 Å². The lowest BCUT2D eigenvalue weighted by atomic mass is 10.0. The van der Waals surface area contributed by atoms with Gasteiger partial charge in [0.2, 0.25) is 5.82 Å². The Kier molecular flexibility index (Phi) is 4.44. The van der Waals surface area contributed by atoms with Crippen LogP contribution >= 0.6 is 0 Å². The number of hydrogen-bond acceptors (Lipinski definition) is 3. The summed E-state index contributed by atoms with van der Waals surface area (Å²) >= 11 is 0. The fourth-order valence-corrected chi connectivity index (χ4v) is 1.67. The van der Waals surface area contributed by atoms with Gasteiger partial charge in [0.25, 0.3) is 0 Å². The first-order valence-electron chi connectivity index (χ1n) is 5.83. The second-order valence-corrected chi connectivity index (χ2v) is 10.3. The van der Waals surface area contributed by atoms with Crippen molar-refractivity contribution in [2.24, 2.45) is 5.92 Å². The normalized spacial score (nSPS) is 13.1. The first-order valence-corrected chi connectivity index (χ1v) is 9.33. The molecule has 0 aliphatic rings. The fraction of sp³-hybridized carbons (Fsp3) is 0.538. The van der Waals surface area contributed by atoms with Crippen molar-refractivity contribution in [3.05, 3.63) is 23.8 Å². The maximum atomic E-state index is 9.84. The molecule has 0 amide bonds. The Morgan fingerprint density at radius 2 is 1.71 bits per heavy atom. The lowest BCUT2D eigenvalue weighted by Gasteiger charge is -2.13. The summed E-state index contributed by atoms with van der Waals surface area (Å²) in [5.41, 5.74) is 3.96. The molecule has 0 spiro atoms. The van der Waals surface area contributed by atoms with Gasteiger partial charge < -0.3 is 5.11 Å². The predicted octanol–water partition coefficient (Wildman–Crippen LogP) is 2.39. The Balaban J connectivity index is 2.84. The van der Waals surface area contributed by atoms with Gasteiger partial charge in [-0.1, -0.05) is 33.5 Å². The van der Waals surface area contributed by atoms with Crippen LogP contribution in [0.3, 0.4) is 0 Å². The summed E-state index contributed by atoms with van der Waals surface area (Å²) in [5, 5.41) is 9.84. The molecule has 3 nitrogen and oxygen atoms in total. The molecule has 0 aromatic carbocycles. The van der Waals surface area contributed by atoms with Gasteiger partial charge in [-0.25, -0.2) is 9.97 Å². The Hall–Kier alpha value is -1.18. The van der Waals surface area contributed by atoms with Crippen LogP contribution < -0.4 is 0 Å². The molecule has 0 aliphatic heterocycles. The van der Waals surface area contributed by atoms with Gasteiger partial charge in [0.1, 0.15) is 8.07 Å². The Bertz CT molecular complexity index is 423. The van der Waals surface area contributed by atoms with Crippen LogP contribution in [0.25, 0.3) is 0 Å². The van der Waals surface area contributed by atoms with Crippen molar-refractivity contribution in [3.8, 4) is 11.5 Å². The van der Waals surface area contributed by atoms with Crippen LogP contribution in [0.4, 0.5) is 0 Å². The number of aromatic nitrogens is 2. The molecule has 17 heavy (non-hydrogen) atoms. The third-order valence-corrected chi connectivity index (χ3v) is 3.07. The average molecular weight is 248 g/mol. The average Bonchev–Trinajstić information content (AvgIpc) is 2.25. The molecule has 1 rings (SSSR count). The standard InChI is InChI=1S/C13H20N2OSi/c1-10(2)13(16)11-8-14-12(15-9-11)6-7-17(3,4)5/h8-10,13,16H,1-5H3/t13-/m0/s1. The van der Waals surface area contributed by atoms with Crippen LogP contribution in [0.5, 0.6) is 0 Å². The maximum Gasteiger partial charge on any atom is 0.204 e. The number of rotatable bonds is 2. The molecular weight excluding hydrogens is 228 g/mol. The van der Waals surface area contributed by atoms with Gasteiger partial charge in [-0.05, 0) is 11.8 Å². The van der Waals surface area contributed by atoms with E-state index in [1.54, 1.807) is 12.4 Å². The van der Waals surface area contributed by atoms with E-state index in [-0.39, 0.29) is 5.92 Å². The zero-order valence-corrected chi connectivity index (χ0v) is 12.2. The summed E-state index contributed by atoms with van der Waals surface area (Å²) in [6, 6.07) is 0. The van der Waals surface area contributed by atoms with Crippen molar-refractivity contribution in [1.82, 2.24) is 9.97 Å². The number of hydrogen-bond donors (Lipinski definition) is 1. The van der Waals surface area contributed by atoms with Gasteiger partial charge in [-0.3, -0.25) is 0 Å². The highest BCUT2D eigenvalue weighted by atomic mass is 28.3. The first-order chi connectivity index (χ1) is 7.79. The minimum atomic E-state index is -1.38.